The van der Waals surface area contributed by atoms with Crippen molar-refractivity contribution in [1.29, 1.82) is 0 Å². The summed E-state index contributed by atoms with van der Waals surface area (Å²) in [5.74, 6) is -1.68. The predicted octanol–water partition coefficient (Wildman–Crippen LogP) is 2.61. The second kappa shape index (κ2) is 7.06. The first-order valence-electron chi connectivity index (χ1n) is 9.26. The predicted molar refractivity (Wildman–Crippen MR) is 102 cm³/mol. The Morgan fingerprint density at radius 1 is 1.22 bits per heavy atom. The van der Waals surface area contributed by atoms with Crippen molar-refractivity contribution < 1.29 is 24.2 Å². The second-order valence-corrected chi connectivity index (χ2v) is 11.0. The van der Waals surface area contributed by atoms with Gasteiger partial charge in [0, 0.05) is 0 Å². The second-order valence-electron chi connectivity index (χ2n) is 8.28. The van der Waals surface area contributed by atoms with E-state index in [2.05, 4.69) is 12.1 Å². The molecule has 1 aromatic carbocycles. The number of aliphatic carboxylic acids is 1. The topological polar surface area (TPSA) is 80.7 Å². The Hall–Kier alpha value is -1.65. The third-order valence-electron chi connectivity index (χ3n) is 6.60. The van der Waals surface area contributed by atoms with Crippen LogP contribution in [-0.4, -0.2) is 44.9 Å². The van der Waals surface area contributed by atoms with E-state index in [0.29, 0.717) is 25.7 Å². The number of ether oxygens (including phenoxy) is 1. The molecule has 0 amide bonds. The van der Waals surface area contributed by atoms with Crippen LogP contribution in [-0.2, 0) is 19.1 Å². The van der Waals surface area contributed by atoms with Crippen LogP contribution in [0.25, 0.3) is 0 Å². The van der Waals surface area contributed by atoms with Crippen molar-refractivity contribution in [2.45, 2.75) is 50.8 Å². The summed E-state index contributed by atoms with van der Waals surface area (Å²) in [5.41, 5.74) is -2.81. The molecular weight excluding hydrogens is 411 g/mol. The molecule has 27 heavy (non-hydrogen) atoms. The molecule has 3 rings (SSSR count). The van der Waals surface area contributed by atoms with Crippen LogP contribution in [0.4, 0.5) is 0 Å². The van der Waals surface area contributed by atoms with Gasteiger partial charge >= 0.3 is 166 Å². The van der Waals surface area contributed by atoms with E-state index >= 15 is 0 Å². The third-order valence-corrected chi connectivity index (χ3v) is 9.93. The van der Waals surface area contributed by atoms with Crippen molar-refractivity contribution in [1.82, 2.24) is 0 Å². The van der Waals surface area contributed by atoms with Crippen LogP contribution in [0.5, 0.6) is 0 Å². The number of esters is 1. The molecule has 2 aliphatic carbocycles. The molecule has 5 nitrogen and oxygen atoms in total. The number of carbonyl (C=O) groups is 3. The molecule has 146 valence electrons. The molecule has 0 spiro atoms. The number of carbonyl (C=O) groups excluding carboxylic acids is 2. The van der Waals surface area contributed by atoms with Crippen LogP contribution >= 0.6 is 0 Å². The van der Waals surface area contributed by atoms with Gasteiger partial charge in [-0.25, -0.2) is 0 Å². The number of hydrogen-bond donors (Lipinski definition) is 1. The summed E-state index contributed by atoms with van der Waals surface area (Å²) in [6.45, 7) is 3.99. The van der Waals surface area contributed by atoms with Crippen LogP contribution < -0.4 is 4.46 Å². The summed E-state index contributed by atoms with van der Waals surface area (Å²) in [5, 5.41) is 9.51. The molecule has 1 N–H and O–H groups in total. The average molecular weight is 437 g/mol. The van der Waals surface area contributed by atoms with E-state index in [0.717, 1.165) is 0 Å². The van der Waals surface area contributed by atoms with Gasteiger partial charge in [-0.3, -0.25) is 0 Å². The number of carboxylic acid groups (broad SMARTS) is 1. The number of Topliss-reactive ketones (excluding diaryl/α,β-unsaturated/α-hetero) is 1. The first kappa shape index (κ1) is 20.1. The summed E-state index contributed by atoms with van der Waals surface area (Å²) in [7, 11) is 1.32. The van der Waals surface area contributed by atoms with Gasteiger partial charge in [0.2, 0.25) is 0 Å². The number of fused-ring (bicyclic) bond motifs is 2. The van der Waals surface area contributed by atoms with E-state index in [9.17, 15) is 19.5 Å². The minimum atomic E-state index is -1.26. The zero-order valence-corrected chi connectivity index (χ0v) is 17.7. The maximum absolute atomic E-state index is 13.6. The Morgan fingerprint density at radius 3 is 2.48 bits per heavy atom. The number of hydrogen-bond acceptors (Lipinski definition) is 4. The summed E-state index contributed by atoms with van der Waals surface area (Å²) in [6, 6.07) is 10.1. The van der Waals surface area contributed by atoms with Crippen LogP contribution in [0.2, 0.25) is 4.82 Å². The summed E-state index contributed by atoms with van der Waals surface area (Å²) < 4.78 is 6.32. The van der Waals surface area contributed by atoms with Gasteiger partial charge in [-0.2, -0.15) is 0 Å². The molecule has 0 saturated heterocycles. The minimum absolute atomic E-state index is 0.0197. The molecule has 2 fully saturated rings. The molecule has 0 heterocycles. The molecule has 2 aliphatic rings. The van der Waals surface area contributed by atoms with Gasteiger partial charge in [0.25, 0.3) is 0 Å². The quantitative estimate of drug-likeness (QED) is 0.435. The normalized spacial score (nSPS) is 32.0. The number of carboxylic acids is 1. The third kappa shape index (κ3) is 3.03. The number of rotatable bonds is 5. The van der Waals surface area contributed by atoms with Gasteiger partial charge in [-0.15, -0.1) is 0 Å². The number of methoxy groups -OCH3 is 1. The fourth-order valence-electron chi connectivity index (χ4n) is 5.08. The summed E-state index contributed by atoms with van der Waals surface area (Å²) in [4.78, 5) is 38.3. The summed E-state index contributed by atoms with van der Waals surface area (Å²) >= 11 is 0.0197. The first-order chi connectivity index (χ1) is 12.7. The van der Waals surface area contributed by atoms with Crippen LogP contribution in [0.3, 0.4) is 0 Å². The Balaban J connectivity index is 2.11. The molecule has 6 heteroatoms. The zero-order chi connectivity index (χ0) is 19.9. The molecule has 3 atom stereocenters. The van der Waals surface area contributed by atoms with Crippen molar-refractivity contribution in [3.8, 4) is 0 Å². The summed E-state index contributed by atoms with van der Waals surface area (Å²) in [6.07, 6.45) is 1.96. The standard InChI is InChI=1S/C21H26O5Se/c1-19(2)15(27-14-8-5-4-6-9-14)12-20(13-16(22)23)10-7-11-21(19,17(20)24)18(25)26-3/h4-6,8-9,15H,7,10-13H2,1-3H3,(H,22,23)/t15-,20-,21-/m1/s1. The van der Waals surface area contributed by atoms with E-state index in [1.165, 1.54) is 11.6 Å². The molecule has 1 aromatic rings. The van der Waals surface area contributed by atoms with Crippen molar-refractivity contribution >= 4 is 37.1 Å². The Bertz CT molecular complexity index is 759. The molecule has 0 aromatic heterocycles. The van der Waals surface area contributed by atoms with Crippen molar-refractivity contribution in [2.75, 3.05) is 7.11 Å². The van der Waals surface area contributed by atoms with E-state index < -0.39 is 28.2 Å². The van der Waals surface area contributed by atoms with Crippen molar-refractivity contribution in [3.63, 3.8) is 0 Å². The van der Waals surface area contributed by atoms with Gasteiger partial charge in [-0.1, -0.05) is 0 Å². The number of ketones is 1. The first-order valence-corrected chi connectivity index (χ1v) is 11.1. The van der Waals surface area contributed by atoms with Gasteiger partial charge < -0.3 is 0 Å². The van der Waals surface area contributed by atoms with E-state index in [1.807, 2.05) is 32.0 Å². The van der Waals surface area contributed by atoms with Crippen LogP contribution in [0.1, 0.15) is 46.0 Å². The van der Waals surface area contributed by atoms with Crippen molar-refractivity contribution in [3.05, 3.63) is 30.3 Å². The van der Waals surface area contributed by atoms with Gasteiger partial charge in [0.05, 0.1) is 0 Å². The van der Waals surface area contributed by atoms with Gasteiger partial charge in [0.1, 0.15) is 0 Å². The molecule has 0 radical (unpaired) electrons. The van der Waals surface area contributed by atoms with Crippen LogP contribution in [0.15, 0.2) is 30.3 Å². The van der Waals surface area contributed by atoms with Crippen molar-refractivity contribution in [2.24, 2.45) is 16.2 Å². The molecular formula is C21H26O5Se. The Labute approximate surface area is 166 Å². The van der Waals surface area contributed by atoms with E-state index in [4.69, 9.17) is 4.74 Å². The molecule has 0 unspecified atom stereocenters. The van der Waals surface area contributed by atoms with Gasteiger partial charge in [0.15, 0.2) is 0 Å². The maximum atomic E-state index is 13.6. The fraction of sp³-hybridized carbons (Fsp3) is 0.571. The molecule has 2 bridgehead atoms. The SMILES string of the molecule is COC(=O)[C@]12CCC[C@](CC(=O)O)(C[C@@H]([Se]c3ccccc3)C1(C)C)C2=O. The van der Waals surface area contributed by atoms with Crippen LogP contribution in [0, 0.1) is 16.2 Å². The van der Waals surface area contributed by atoms with Gasteiger partial charge in [-0.05, 0) is 0 Å². The molecule has 2 saturated carbocycles. The zero-order valence-electron chi connectivity index (χ0n) is 16.0. The average Bonchev–Trinajstić information content (AvgIpc) is 2.62. The fourth-order valence-corrected chi connectivity index (χ4v) is 8.31. The monoisotopic (exact) mass is 438 g/mol. The Morgan fingerprint density at radius 2 is 1.89 bits per heavy atom. The Kier molecular flexibility index (Phi) is 5.26. The van der Waals surface area contributed by atoms with E-state index in [1.54, 1.807) is 0 Å². The molecule has 0 aliphatic heterocycles. The number of benzene rings is 1. The van der Waals surface area contributed by atoms with E-state index in [-0.39, 0.29) is 32.0 Å².